The Morgan fingerprint density at radius 2 is 2.17 bits per heavy atom. The van der Waals surface area contributed by atoms with Crippen LogP contribution in [0.4, 0.5) is 4.39 Å². The van der Waals surface area contributed by atoms with Crippen molar-refractivity contribution in [2.45, 2.75) is 25.9 Å². The number of benzene rings is 1. The molecule has 3 heterocycles. The van der Waals surface area contributed by atoms with E-state index in [0.29, 0.717) is 18.3 Å². The molecule has 122 valence electrons. The number of nitrogens with zero attached hydrogens (tertiary/aromatic N) is 4. The molecule has 0 bridgehead atoms. The number of fused-ring (bicyclic) bond motifs is 1. The summed E-state index contributed by atoms with van der Waals surface area (Å²) in [4.78, 5) is 10.7. The molecule has 24 heavy (non-hydrogen) atoms. The van der Waals surface area contributed by atoms with Crippen LogP contribution in [0, 0.1) is 5.82 Å². The Morgan fingerprint density at radius 3 is 3.00 bits per heavy atom. The van der Waals surface area contributed by atoms with Crippen LogP contribution in [0.2, 0.25) is 0 Å². The fraction of sp³-hybridized carbons (Fsp3) is 0.278. The van der Waals surface area contributed by atoms with E-state index in [2.05, 4.69) is 20.0 Å². The monoisotopic (exact) mass is 324 g/mol. The van der Waals surface area contributed by atoms with Crippen LogP contribution in [0.3, 0.4) is 0 Å². The van der Waals surface area contributed by atoms with Crippen LogP contribution in [0.25, 0.3) is 11.4 Å². The van der Waals surface area contributed by atoms with Gasteiger partial charge in [0.2, 0.25) is 11.7 Å². The highest BCUT2D eigenvalue weighted by Crippen LogP contribution is 2.29. The molecule has 1 aromatic carbocycles. The van der Waals surface area contributed by atoms with Crippen molar-refractivity contribution >= 4 is 0 Å². The van der Waals surface area contributed by atoms with E-state index in [-0.39, 0.29) is 11.9 Å². The van der Waals surface area contributed by atoms with Crippen LogP contribution in [0.5, 0.6) is 0 Å². The van der Waals surface area contributed by atoms with Gasteiger partial charge in [-0.2, -0.15) is 4.98 Å². The lowest BCUT2D eigenvalue weighted by Gasteiger charge is -2.32. The third-order valence-corrected chi connectivity index (χ3v) is 4.51. The Balaban J connectivity index is 1.56. The summed E-state index contributed by atoms with van der Waals surface area (Å²) in [5.74, 6) is 0.910. The Bertz CT molecular complexity index is 849. The van der Waals surface area contributed by atoms with Crippen molar-refractivity contribution in [1.29, 1.82) is 0 Å². The fourth-order valence-corrected chi connectivity index (χ4v) is 3.06. The molecule has 1 atom stereocenters. The summed E-state index contributed by atoms with van der Waals surface area (Å²) in [6.07, 6.45) is 4.22. The molecule has 6 heteroatoms. The molecular weight excluding hydrogens is 307 g/mol. The number of rotatable bonds is 3. The van der Waals surface area contributed by atoms with Crippen LogP contribution in [0.1, 0.15) is 30.0 Å². The average Bonchev–Trinajstić information content (AvgIpc) is 3.12. The van der Waals surface area contributed by atoms with Crippen molar-refractivity contribution in [3.8, 4) is 11.4 Å². The fourth-order valence-electron chi connectivity index (χ4n) is 3.06. The van der Waals surface area contributed by atoms with E-state index in [9.17, 15) is 4.39 Å². The first-order chi connectivity index (χ1) is 11.7. The maximum absolute atomic E-state index is 14.1. The van der Waals surface area contributed by atoms with Crippen LogP contribution in [-0.2, 0) is 13.0 Å². The van der Waals surface area contributed by atoms with E-state index in [1.54, 1.807) is 18.5 Å². The molecule has 0 radical (unpaired) electrons. The normalized spacial score (nSPS) is 15.9. The highest BCUT2D eigenvalue weighted by atomic mass is 19.1. The summed E-state index contributed by atoms with van der Waals surface area (Å²) in [5, 5.41) is 4.04. The van der Waals surface area contributed by atoms with Crippen LogP contribution < -0.4 is 0 Å². The molecule has 0 saturated heterocycles. The summed E-state index contributed by atoms with van der Waals surface area (Å²) < 4.78 is 19.5. The molecule has 0 amide bonds. The van der Waals surface area contributed by atoms with Gasteiger partial charge < -0.3 is 4.52 Å². The second-order valence-corrected chi connectivity index (χ2v) is 5.97. The van der Waals surface area contributed by atoms with Crippen LogP contribution >= 0.6 is 0 Å². The van der Waals surface area contributed by atoms with Gasteiger partial charge in [0, 0.05) is 36.6 Å². The average molecular weight is 324 g/mol. The summed E-state index contributed by atoms with van der Waals surface area (Å²) >= 11 is 0. The highest BCUT2D eigenvalue weighted by Gasteiger charge is 2.27. The predicted molar refractivity (Wildman–Crippen MR) is 86.5 cm³/mol. The van der Waals surface area contributed by atoms with E-state index in [4.69, 9.17) is 4.52 Å². The molecule has 4 rings (SSSR count). The molecule has 3 aromatic rings. The van der Waals surface area contributed by atoms with Gasteiger partial charge in [-0.25, -0.2) is 4.39 Å². The maximum Gasteiger partial charge on any atom is 0.244 e. The molecule has 0 aliphatic carbocycles. The third kappa shape index (κ3) is 2.69. The van der Waals surface area contributed by atoms with Crippen molar-refractivity contribution in [3.05, 3.63) is 65.6 Å². The number of pyridine rings is 1. The van der Waals surface area contributed by atoms with E-state index in [0.717, 1.165) is 29.7 Å². The van der Waals surface area contributed by atoms with Crippen molar-refractivity contribution in [2.75, 3.05) is 6.54 Å². The summed E-state index contributed by atoms with van der Waals surface area (Å²) in [6.45, 7) is 3.39. The zero-order chi connectivity index (χ0) is 16.5. The number of halogens is 1. The van der Waals surface area contributed by atoms with Gasteiger partial charge in [-0.1, -0.05) is 17.3 Å². The summed E-state index contributed by atoms with van der Waals surface area (Å²) in [6, 6.07) is 8.92. The smallest absolute Gasteiger partial charge is 0.244 e. The van der Waals surface area contributed by atoms with E-state index < -0.39 is 0 Å². The second-order valence-electron chi connectivity index (χ2n) is 5.97. The molecule has 5 nitrogen and oxygen atoms in total. The molecule has 0 saturated carbocycles. The molecule has 2 aromatic heterocycles. The lowest BCUT2D eigenvalue weighted by atomic mass is 9.98. The highest BCUT2D eigenvalue weighted by molar-refractivity contribution is 5.51. The second kappa shape index (κ2) is 6.13. The van der Waals surface area contributed by atoms with Crippen LogP contribution in [-0.4, -0.2) is 26.6 Å². The minimum absolute atomic E-state index is 0.0734. The lowest BCUT2D eigenvalue weighted by Crippen LogP contribution is -2.33. The van der Waals surface area contributed by atoms with E-state index in [1.165, 1.54) is 6.07 Å². The molecule has 1 aliphatic rings. The minimum Gasteiger partial charge on any atom is -0.337 e. The summed E-state index contributed by atoms with van der Waals surface area (Å²) in [7, 11) is 0. The molecule has 1 aliphatic heterocycles. The Hall–Kier alpha value is -2.60. The Labute approximate surface area is 139 Å². The van der Waals surface area contributed by atoms with Crippen molar-refractivity contribution in [1.82, 2.24) is 20.0 Å². The molecule has 0 unspecified atom stereocenters. The molecule has 0 spiro atoms. The molecular formula is C18H17FN4O. The maximum atomic E-state index is 14.1. The number of hydrogen-bond donors (Lipinski definition) is 0. The standard InChI is InChI=1S/C18H17FN4O/c1-12(18-21-17(22-24-18)14-5-3-8-20-10-14)23-9-7-13-4-2-6-16(19)15(13)11-23/h2-6,8,10,12H,7,9,11H2,1H3/t12-/m1/s1. The number of hydrogen-bond acceptors (Lipinski definition) is 5. The van der Waals surface area contributed by atoms with Gasteiger partial charge in [-0.05, 0) is 37.1 Å². The largest absolute Gasteiger partial charge is 0.337 e. The van der Waals surface area contributed by atoms with Gasteiger partial charge in [0.05, 0.1) is 6.04 Å². The van der Waals surface area contributed by atoms with Gasteiger partial charge in [-0.3, -0.25) is 9.88 Å². The van der Waals surface area contributed by atoms with Gasteiger partial charge in [0.25, 0.3) is 0 Å². The number of aromatic nitrogens is 3. The zero-order valence-corrected chi connectivity index (χ0v) is 13.3. The molecule has 0 fully saturated rings. The SMILES string of the molecule is C[C@H](c1nc(-c2cccnc2)no1)N1CCc2cccc(F)c2C1. The predicted octanol–water partition coefficient (Wildman–Crippen LogP) is 3.39. The van der Waals surface area contributed by atoms with Gasteiger partial charge in [0.15, 0.2) is 0 Å². The minimum atomic E-state index is -0.147. The summed E-state index contributed by atoms with van der Waals surface area (Å²) in [5.41, 5.74) is 2.66. The van der Waals surface area contributed by atoms with Crippen molar-refractivity contribution < 1.29 is 8.91 Å². The first-order valence-electron chi connectivity index (χ1n) is 7.96. The first kappa shape index (κ1) is 15.0. The Morgan fingerprint density at radius 1 is 1.25 bits per heavy atom. The van der Waals surface area contributed by atoms with Gasteiger partial charge in [0.1, 0.15) is 5.82 Å². The van der Waals surface area contributed by atoms with Crippen LogP contribution in [0.15, 0.2) is 47.2 Å². The van der Waals surface area contributed by atoms with Crippen molar-refractivity contribution in [2.24, 2.45) is 0 Å². The lowest BCUT2D eigenvalue weighted by molar-refractivity contribution is 0.155. The van der Waals surface area contributed by atoms with Crippen molar-refractivity contribution in [3.63, 3.8) is 0 Å². The third-order valence-electron chi connectivity index (χ3n) is 4.51. The molecule has 0 N–H and O–H groups in total. The Kier molecular flexibility index (Phi) is 3.82. The first-order valence-corrected chi connectivity index (χ1v) is 7.96. The zero-order valence-electron chi connectivity index (χ0n) is 13.3. The van der Waals surface area contributed by atoms with E-state index in [1.807, 2.05) is 25.1 Å². The quantitative estimate of drug-likeness (QED) is 0.739. The topological polar surface area (TPSA) is 55.1 Å². The van der Waals surface area contributed by atoms with Gasteiger partial charge in [-0.15, -0.1) is 0 Å². The van der Waals surface area contributed by atoms with Gasteiger partial charge >= 0.3 is 0 Å². The van der Waals surface area contributed by atoms with E-state index >= 15 is 0 Å².